The Bertz CT molecular complexity index is 941. The lowest BCUT2D eigenvalue weighted by atomic mass is 10.2. The van der Waals surface area contributed by atoms with Crippen molar-refractivity contribution in [1.29, 1.82) is 0 Å². The lowest BCUT2D eigenvalue weighted by Gasteiger charge is -2.34. The van der Waals surface area contributed by atoms with E-state index in [2.05, 4.69) is 27.2 Å². The molecule has 8 heteroatoms. The van der Waals surface area contributed by atoms with Gasteiger partial charge in [0.2, 0.25) is 11.8 Å². The van der Waals surface area contributed by atoms with Crippen molar-refractivity contribution < 1.29 is 13.6 Å². The number of aromatic nitrogens is 2. The number of rotatable bonds is 6. The van der Waals surface area contributed by atoms with Crippen LogP contribution in [0.5, 0.6) is 0 Å². The molecule has 1 aliphatic rings. The fraction of sp³-hybridized carbons (Fsp3) is 0.286. The van der Waals surface area contributed by atoms with Gasteiger partial charge in [-0.15, -0.1) is 10.2 Å². The molecule has 0 unspecified atom stereocenters. The predicted molar refractivity (Wildman–Crippen MR) is 109 cm³/mol. The third kappa shape index (κ3) is 5.21. The fourth-order valence-electron chi connectivity index (χ4n) is 3.19. The molecule has 0 spiro atoms. The number of hydrogen-bond acceptors (Lipinski definition) is 6. The Morgan fingerprint density at radius 1 is 1.00 bits per heavy atom. The maximum atomic E-state index is 13.0. The predicted octanol–water partition coefficient (Wildman–Crippen LogP) is 3.31. The van der Waals surface area contributed by atoms with Gasteiger partial charge in [0.25, 0.3) is 5.22 Å². The lowest BCUT2D eigenvalue weighted by molar-refractivity contribution is -0.130. The molecule has 0 bridgehead atoms. The average Bonchev–Trinajstić information content (AvgIpc) is 3.23. The summed E-state index contributed by atoms with van der Waals surface area (Å²) < 4.78 is 18.6. The second-order valence-corrected chi connectivity index (χ2v) is 7.74. The number of halogens is 1. The second kappa shape index (κ2) is 9.19. The van der Waals surface area contributed by atoms with Gasteiger partial charge >= 0.3 is 0 Å². The molecule has 1 amide bonds. The van der Waals surface area contributed by atoms with Crippen molar-refractivity contribution in [3.05, 3.63) is 66.0 Å². The Morgan fingerprint density at radius 3 is 2.45 bits per heavy atom. The highest BCUT2D eigenvalue weighted by molar-refractivity contribution is 7.99. The quantitative estimate of drug-likeness (QED) is 0.579. The monoisotopic (exact) mass is 412 g/mol. The van der Waals surface area contributed by atoms with Crippen molar-refractivity contribution in [2.45, 2.75) is 11.8 Å². The van der Waals surface area contributed by atoms with Crippen LogP contribution in [0.3, 0.4) is 0 Å². The number of benzene rings is 2. The maximum Gasteiger partial charge on any atom is 0.277 e. The van der Waals surface area contributed by atoms with Crippen LogP contribution in [0.2, 0.25) is 0 Å². The van der Waals surface area contributed by atoms with Gasteiger partial charge in [-0.05, 0) is 29.8 Å². The number of nitrogens with zero attached hydrogens (tertiary/aromatic N) is 4. The highest BCUT2D eigenvalue weighted by atomic mass is 32.2. The fourth-order valence-corrected chi connectivity index (χ4v) is 3.85. The normalized spacial score (nSPS) is 14.9. The highest BCUT2D eigenvalue weighted by Crippen LogP contribution is 2.23. The third-order valence-electron chi connectivity index (χ3n) is 4.79. The van der Waals surface area contributed by atoms with Gasteiger partial charge in [-0.2, -0.15) is 0 Å². The van der Waals surface area contributed by atoms with Crippen molar-refractivity contribution in [2.24, 2.45) is 0 Å². The first-order valence-electron chi connectivity index (χ1n) is 9.44. The summed E-state index contributed by atoms with van der Waals surface area (Å²) in [5.74, 6) is 0.312. The molecule has 150 valence electrons. The van der Waals surface area contributed by atoms with Crippen molar-refractivity contribution in [1.82, 2.24) is 20.0 Å². The number of carbonyl (C=O) groups excluding carboxylic acids is 1. The van der Waals surface area contributed by atoms with Crippen LogP contribution in [-0.2, 0) is 11.3 Å². The molecular formula is C21H21FN4O2S. The zero-order valence-corrected chi connectivity index (χ0v) is 16.6. The maximum absolute atomic E-state index is 13.0. The summed E-state index contributed by atoms with van der Waals surface area (Å²) in [6.07, 6.45) is 0. The smallest absolute Gasteiger partial charge is 0.277 e. The van der Waals surface area contributed by atoms with E-state index in [0.717, 1.165) is 32.7 Å². The molecule has 2 aromatic carbocycles. The topological polar surface area (TPSA) is 62.5 Å². The number of carbonyl (C=O) groups is 1. The number of piperazine rings is 1. The van der Waals surface area contributed by atoms with Crippen LogP contribution in [0.1, 0.15) is 5.56 Å². The van der Waals surface area contributed by atoms with Gasteiger partial charge in [0, 0.05) is 38.3 Å². The molecule has 0 N–H and O–H groups in total. The van der Waals surface area contributed by atoms with Crippen LogP contribution in [-0.4, -0.2) is 57.8 Å². The van der Waals surface area contributed by atoms with E-state index in [1.807, 2.05) is 23.1 Å². The van der Waals surface area contributed by atoms with Crippen molar-refractivity contribution in [2.75, 3.05) is 31.9 Å². The molecule has 29 heavy (non-hydrogen) atoms. The molecule has 1 fully saturated rings. The van der Waals surface area contributed by atoms with Crippen LogP contribution >= 0.6 is 11.8 Å². The molecule has 6 nitrogen and oxygen atoms in total. The van der Waals surface area contributed by atoms with E-state index in [0.29, 0.717) is 16.7 Å². The average molecular weight is 412 g/mol. The molecule has 0 saturated carbocycles. The van der Waals surface area contributed by atoms with E-state index in [-0.39, 0.29) is 17.5 Å². The van der Waals surface area contributed by atoms with Gasteiger partial charge < -0.3 is 9.32 Å². The highest BCUT2D eigenvalue weighted by Gasteiger charge is 2.22. The molecule has 3 aromatic rings. The molecule has 0 radical (unpaired) electrons. The third-order valence-corrected chi connectivity index (χ3v) is 5.59. The Morgan fingerprint density at radius 2 is 1.72 bits per heavy atom. The lowest BCUT2D eigenvalue weighted by Crippen LogP contribution is -2.48. The first kappa shape index (κ1) is 19.6. The minimum atomic E-state index is -0.322. The van der Waals surface area contributed by atoms with E-state index in [4.69, 9.17) is 4.42 Å². The number of thioether (sulfide) groups is 1. The zero-order chi connectivity index (χ0) is 20.1. The van der Waals surface area contributed by atoms with E-state index in [1.54, 1.807) is 12.1 Å². The van der Waals surface area contributed by atoms with Crippen molar-refractivity contribution >= 4 is 17.7 Å². The van der Waals surface area contributed by atoms with E-state index >= 15 is 0 Å². The van der Waals surface area contributed by atoms with Crippen molar-refractivity contribution in [3.63, 3.8) is 0 Å². The number of amides is 1. The molecule has 0 atom stereocenters. The first-order chi connectivity index (χ1) is 14.2. The summed E-state index contributed by atoms with van der Waals surface area (Å²) in [7, 11) is 0. The summed E-state index contributed by atoms with van der Waals surface area (Å²) in [5, 5.41) is 8.26. The molecular weight excluding hydrogens is 391 g/mol. The largest absolute Gasteiger partial charge is 0.411 e. The molecule has 1 aromatic heterocycles. The Labute approximate surface area is 172 Å². The Hall–Kier alpha value is -2.71. The van der Waals surface area contributed by atoms with Crippen LogP contribution in [0.25, 0.3) is 11.5 Å². The molecule has 0 aliphatic carbocycles. The van der Waals surface area contributed by atoms with Crippen LogP contribution in [0, 0.1) is 5.82 Å². The summed E-state index contributed by atoms with van der Waals surface area (Å²) in [4.78, 5) is 16.7. The van der Waals surface area contributed by atoms with Crippen LogP contribution < -0.4 is 0 Å². The summed E-state index contributed by atoms with van der Waals surface area (Å²) in [6, 6.07) is 16.2. The van der Waals surface area contributed by atoms with Gasteiger partial charge in [0.15, 0.2) is 0 Å². The minimum Gasteiger partial charge on any atom is -0.411 e. The van der Waals surface area contributed by atoms with Gasteiger partial charge in [0.1, 0.15) is 5.82 Å². The summed E-state index contributed by atoms with van der Waals surface area (Å²) >= 11 is 1.23. The minimum absolute atomic E-state index is 0.0656. The number of hydrogen-bond donors (Lipinski definition) is 0. The Kier molecular flexibility index (Phi) is 6.21. The summed E-state index contributed by atoms with van der Waals surface area (Å²) in [6.45, 7) is 4.07. The zero-order valence-electron chi connectivity index (χ0n) is 15.8. The van der Waals surface area contributed by atoms with Crippen molar-refractivity contribution in [3.8, 4) is 11.5 Å². The molecule has 2 heterocycles. The van der Waals surface area contributed by atoms with Gasteiger partial charge in [0.05, 0.1) is 5.75 Å². The summed E-state index contributed by atoms with van der Waals surface area (Å²) in [5.41, 5.74) is 1.93. The first-order valence-corrected chi connectivity index (χ1v) is 10.4. The van der Waals surface area contributed by atoms with Crippen LogP contribution in [0.15, 0.2) is 64.2 Å². The van der Waals surface area contributed by atoms with Gasteiger partial charge in [-0.25, -0.2) is 4.39 Å². The van der Waals surface area contributed by atoms with Gasteiger partial charge in [-0.1, -0.05) is 42.1 Å². The second-order valence-electron chi connectivity index (χ2n) is 6.81. The molecule has 1 saturated heterocycles. The van der Waals surface area contributed by atoms with E-state index < -0.39 is 0 Å². The van der Waals surface area contributed by atoms with Crippen LogP contribution in [0.4, 0.5) is 4.39 Å². The molecule has 4 rings (SSSR count). The van der Waals surface area contributed by atoms with E-state index in [1.165, 1.54) is 29.5 Å². The van der Waals surface area contributed by atoms with Gasteiger partial charge in [-0.3, -0.25) is 9.69 Å². The Balaban J connectivity index is 1.24. The standard InChI is InChI=1S/C21H21FN4O2S/c22-18-8-6-17(7-9-18)20-23-24-21(28-20)29-15-19(27)26-12-10-25(11-13-26)14-16-4-2-1-3-5-16/h1-9H,10-15H2. The molecule has 1 aliphatic heterocycles. The SMILES string of the molecule is O=C(CSc1nnc(-c2ccc(F)cc2)o1)N1CCN(Cc2ccccc2)CC1. The van der Waals surface area contributed by atoms with E-state index in [9.17, 15) is 9.18 Å².